The van der Waals surface area contributed by atoms with Crippen LogP contribution in [-0.4, -0.2) is 36.5 Å². The summed E-state index contributed by atoms with van der Waals surface area (Å²) in [6.07, 6.45) is 47.7. The van der Waals surface area contributed by atoms with Gasteiger partial charge in [-0.1, -0.05) is 206 Å². The van der Waals surface area contributed by atoms with Gasteiger partial charge in [-0.15, -0.1) is 0 Å². The van der Waals surface area contributed by atoms with Crippen molar-refractivity contribution < 1.29 is 0 Å². The zero-order chi connectivity index (χ0) is 31.6. The maximum atomic E-state index is 4.88. The molecule has 0 aliphatic carbocycles. The molecule has 0 saturated heterocycles. The summed E-state index contributed by atoms with van der Waals surface area (Å²) in [7, 11) is 0. The molecular formula is C41H83N3. The van der Waals surface area contributed by atoms with E-state index in [9.17, 15) is 0 Å². The van der Waals surface area contributed by atoms with Crippen LogP contribution in [0.15, 0.2) is 4.99 Å². The van der Waals surface area contributed by atoms with E-state index in [4.69, 9.17) is 4.99 Å². The van der Waals surface area contributed by atoms with Gasteiger partial charge in [0, 0.05) is 13.0 Å². The first kappa shape index (κ1) is 41.5. The summed E-state index contributed by atoms with van der Waals surface area (Å²) in [5, 5.41) is 3.81. The number of hydrogen-bond donors (Lipinski definition) is 1. The van der Waals surface area contributed by atoms with E-state index in [0.717, 1.165) is 19.6 Å². The Morgan fingerprint density at radius 1 is 0.477 bits per heavy atom. The van der Waals surface area contributed by atoms with E-state index in [1.165, 1.54) is 218 Å². The summed E-state index contributed by atoms with van der Waals surface area (Å²) >= 11 is 0. The summed E-state index contributed by atoms with van der Waals surface area (Å²) in [5.74, 6) is 1.38. The fourth-order valence-electron chi connectivity index (χ4n) is 7.07. The van der Waals surface area contributed by atoms with Gasteiger partial charge in [-0.25, -0.2) is 0 Å². The summed E-state index contributed by atoms with van der Waals surface area (Å²) < 4.78 is 0. The predicted molar refractivity (Wildman–Crippen MR) is 200 cm³/mol. The lowest BCUT2D eigenvalue weighted by Gasteiger charge is -2.28. The Kier molecular flexibility index (Phi) is 31.8. The average Bonchev–Trinajstić information content (AvgIpc) is 3.51. The zero-order valence-corrected chi connectivity index (χ0v) is 30.9. The molecule has 0 saturated carbocycles. The van der Waals surface area contributed by atoms with Gasteiger partial charge in [0.05, 0.1) is 12.7 Å². The van der Waals surface area contributed by atoms with Gasteiger partial charge in [0.25, 0.3) is 0 Å². The third kappa shape index (κ3) is 26.6. The lowest BCUT2D eigenvalue weighted by Crippen LogP contribution is -2.45. The Labute approximate surface area is 279 Å². The summed E-state index contributed by atoms with van der Waals surface area (Å²) in [4.78, 5) is 7.43. The van der Waals surface area contributed by atoms with Crippen LogP contribution in [0.25, 0.3) is 0 Å². The molecule has 1 heterocycles. The van der Waals surface area contributed by atoms with Crippen LogP contribution in [0, 0.1) is 0 Å². The molecule has 0 aromatic rings. The first-order chi connectivity index (χ1) is 21.8. The van der Waals surface area contributed by atoms with Crippen molar-refractivity contribution in [2.75, 3.05) is 19.6 Å². The molecule has 1 aliphatic heterocycles. The molecule has 3 nitrogen and oxygen atoms in total. The molecule has 44 heavy (non-hydrogen) atoms. The van der Waals surface area contributed by atoms with Crippen LogP contribution in [0.3, 0.4) is 0 Å². The van der Waals surface area contributed by atoms with Crippen LogP contribution in [0.4, 0.5) is 0 Å². The fourth-order valence-corrected chi connectivity index (χ4v) is 7.07. The number of unbranched alkanes of at least 4 members (excludes halogenated alkanes) is 30. The number of nitrogens with one attached hydrogen (secondary N) is 1. The molecule has 3 heteroatoms. The third-order valence-corrected chi connectivity index (χ3v) is 10.2. The fraction of sp³-hybridized carbons (Fsp3) is 0.976. The molecule has 0 aromatic heterocycles. The molecule has 0 bridgehead atoms. The Balaban J connectivity index is 1.84. The van der Waals surface area contributed by atoms with E-state index in [2.05, 4.69) is 31.0 Å². The number of amidine groups is 1. The Hall–Kier alpha value is -0.570. The highest BCUT2D eigenvalue weighted by Gasteiger charge is 2.21. The van der Waals surface area contributed by atoms with Crippen molar-refractivity contribution in [2.24, 2.45) is 4.99 Å². The third-order valence-electron chi connectivity index (χ3n) is 10.2. The number of aliphatic imine (C=N–C) groups is 1. The molecule has 0 aromatic carbocycles. The molecule has 0 amide bonds. The Morgan fingerprint density at radius 3 is 1.16 bits per heavy atom. The highest BCUT2D eigenvalue weighted by Crippen LogP contribution is 2.17. The Bertz CT molecular complexity index is 588. The monoisotopic (exact) mass is 618 g/mol. The summed E-state index contributed by atoms with van der Waals surface area (Å²) in [6.45, 7) is 10.2. The lowest BCUT2D eigenvalue weighted by atomic mass is 10.0. The lowest BCUT2D eigenvalue weighted by molar-refractivity contribution is 0.295. The van der Waals surface area contributed by atoms with Gasteiger partial charge < -0.3 is 4.90 Å². The maximum Gasteiger partial charge on any atom is 0.100 e. The van der Waals surface area contributed by atoms with Crippen LogP contribution in [0.1, 0.15) is 233 Å². The second-order valence-electron chi connectivity index (χ2n) is 14.5. The number of nitrogens with zero attached hydrogens (tertiary/aromatic N) is 2. The molecule has 0 radical (unpaired) electrons. The second kappa shape index (κ2) is 33.8. The zero-order valence-electron chi connectivity index (χ0n) is 30.9. The molecule has 262 valence electrons. The van der Waals surface area contributed by atoms with Crippen LogP contribution in [0.2, 0.25) is 0 Å². The highest BCUT2D eigenvalue weighted by molar-refractivity contribution is 5.83. The number of rotatable bonds is 36. The molecule has 1 atom stereocenters. The van der Waals surface area contributed by atoms with E-state index in [-0.39, 0.29) is 0 Å². The van der Waals surface area contributed by atoms with Crippen molar-refractivity contribution in [3.63, 3.8) is 0 Å². The first-order valence-corrected chi connectivity index (χ1v) is 20.8. The molecule has 1 unspecified atom stereocenters. The van der Waals surface area contributed by atoms with Crippen molar-refractivity contribution in [3.8, 4) is 0 Å². The molecular weight excluding hydrogens is 534 g/mol. The van der Waals surface area contributed by atoms with Gasteiger partial charge in [0.15, 0.2) is 0 Å². The van der Waals surface area contributed by atoms with E-state index in [1.807, 2.05) is 0 Å². The normalized spacial score (nSPS) is 14.1. The summed E-state index contributed by atoms with van der Waals surface area (Å²) in [5.41, 5.74) is 0. The molecule has 1 N–H and O–H groups in total. The van der Waals surface area contributed by atoms with E-state index in [0.29, 0.717) is 6.17 Å². The maximum absolute atomic E-state index is 4.88. The quantitative estimate of drug-likeness (QED) is 0.0708. The molecule has 0 spiro atoms. The SMILES string of the molecule is CCCCCCCCCCCCCCCCCCNC(C)N1CCN=C1CCCCCCCCCCCCCCCCCC. The molecule has 0 fully saturated rings. The van der Waals surface area contributed by atoms with Crippen molar-refractivity contribution in [1.29, 1.82) is 0 Å². The average molecular weight is 618 g/mol. The second-order valence-corrected chi connectivity index (χ2v) is 14.5. The van der Waals surface area contributed by atoms with E-state index in [1.54, 1.807) is 0 Å². The van der Waals surface area contributed by atoms with Crippen LogP contribution in [0.5, 0.6) is 0 Å². The first-order valence-electron chi connectivity index (χ1n) is 20.8. The number of hydrogen-bond acceptors (Lipinski definition) is 3. The van der Waals surface area contributed by atoms with Crippen molar-refractivity contribution in [2.45, 2.75) is 239 Å². The van der Waals surface area contributed by atoms with Crippen LogP contribution >= 0.6 is 0 Å². The smallest absolute Gasteiger partial charge is 0.100 e. The minimum Gasteiger partial charge on any atom is -0.343 e. The van der Waals surface area contributed by atoms with Gasteiger partial charge in [-0.3, -0.25) is 10.3 Å². The Morgan fingerprint density at radius 2 is 0.795 bits per heavy atom. The summed E-state index contributed by atoms with van der Waals surface area (Å²) in [6, 6.07) is 0. The predicted octanol–water partition coefficient (Wildman–Crippen LogP) is 13.5. The van der Waals surface area contributed by atoms with E-state index >= 15 is 0 Å². The van der Waals surface area contributed by atoms with Gasteiger partial charge in [-0.05, 0) is 26.3 Å². The van der Waals surface area contributed by atoms with Crippen molar-refractivity contribution in [3.05, 3.63) is 0 Å². The minimum atomic E-state index is 0.439. The van der Waals surface area contributed by atoms with Crippen LogP contribution < -0.4 is 5.32 Å². The standard InChI is InChI=1S/C41H83N3/c1-4-6-8-10-12-14-16-18-20-22-24-26-28-30-32-34-36-41-43-38-39-44(41)40(3)42-37-35-33-31-29-27-25-23-21-19-17-15-13-11-9-7-5-2/h40,42H,4-39H2,1-3H3. The van der Waals surface area contributed by atoms with Crippen LogP contribution in [-0.2, 0) is 0 Å². The van der Waals surface area contributed by atoms with Gasteiger partial charge in [-0.2, -0.15) is 0 Å². The molecule has 1 aliphatic rings. The van der Waals surface area contributed by atoms with Crippen molar-refractivity contribution in [1.82, 2.24) is 10.2 Å². The van der Waals surface area contributed by atoms with Crippen molar-refractivity contribution >= 4 is 5.84 Å². The largest absolute Gasteiger partial charge is 0.343 e. The van der Waals surface area contributed by atoms with Gasteiger partial charge in [0.1, 0.15) is 5.84 Å². The topological polar surface area (TPSA) is 27.6 Å². The van der Waals surface area contributed by atoms with Gasteiger partial charge in [0.2, 0.25) is 0 Å². The molecule has 1 rings (SSSR count). The van der Waals surface area contributed by atoms with Gasteiger partial charge >= 0.3 is 0 Å². The highest BCUT2D eigenvalue weighted by atomic mass is 15.3. The minimum absolute atomic E-state index is 0.439. The van der Waals surface area contributed by atoms with E-state index < -0.39 is 0 Å².